The van der Waals surface area contributed by atoms with Crippen LogP contribution in [0.1, 0.15) is 33.1 Å². The molecule has 1 atom stereocenters. The standard InChI is InChI=1S/C7H12O2.C2H4O2/c1-2-3-4-7-5-6-8-9-7;1-2(3)4/h5-7H,2-4H2,1H3;1H3,(H,3,4). The first-order valence-corrected chi connectivity index (χ1v) is 4.35. The minimum absolute atomic E-state index is 0.213. The molecule has 0 saturated carbocycles. The Bertz CT molecular complexity index is 161. The van der Waals surface area contributed by atoms with E-state index < -0.39 is 5.97 Å². The van der Waals surface area contributed by atoms with Gasteiger partial charge in [0.25, 0.3) is 5.97 Å². The van der Waals surface area contributed by atoms with Crippen molar-refractivity contribution in [1.82, 2.24) is 0 Å². The van der Waals surface area contributed by atoms with Crippen molar-refractivity contribution in [3.05, 3.63) is 12.3 Å². The maximum atomic E-state index is 9.00. The molecule has 0 aromatic rings. The molecule has 1 N–H and O–H groups in total. The molecule has 13 heavy (non-hydrogen) atoms. The zero-order chi connectivity index (χ0) is 10.1. The molecular weight excluding hydrogens is 172 g/mol. The number of hydrogen-bond donors (Lipinski definition) is 1. The van der Waals surface area contributed by atoms with Gasteiger partial charge in [-0.25, -0.2) is 0 Å². The first kappa shape index (κ1) is 12.0. The van der Waals surface area contributed by atoms with E-state index in [1.165, 1.54) is 12.8 Å². The molecule has 0 aromatic heterocycles. The van der Waals surface area contributed by atoms with Gasteiger partial charge >= 0.3 is 0 Å². The van der Waals surface area contributed by atoms with Crippen molar-refractivity contribution in [1.29, 1.82) is 0 Å². The van der Waals surface area contributed by atoms with Gasteiger partial charge in [-0.05, 0) is 12.5 Å². The van der Waals surface area contributed by atoms with E-state index in [1.54, 1.807) is 6.26 Å². The number of unbranched alkanes of at least 4 members (excludes halogenated alkanes) is 1. The molecule has 0 spiro atoms. The Morgan fingerprint density at radius 1 is 1.62 bits per heavy atom. The number of aliphatic carboxylic acids is 1. The van der Waals surface area contributed by atoms with Gasteiger partial charge in [0.15, 0.2) is 0 Å². The number of carbonyl (C=O) groups is 1. The van der Waals surface area contributed by atoms with Gasteiger partial charge in [0.1, 0.15) is 12.4 Å². The van der Waals surface area contributed by atoms with Gasteiger partial charge in [-0.2, -0.15) is 4.89 Å². The van der Waals surface area contributed by atoms with E-state index in [0.717, 1.165) is 13.3 Å². The van der Waals surface area contributed by atoms with Crippen LogP contribution in [-0.4, -0.2) is 17.2 Å². The summed E-state index contributed by atoms with van der Waals surface area (Å²) in [4.78, 5) is 18.4. The summed E-state index contributed by atoms with van der Waals surface area (Å²) in [6.45, 7) is 3.25. The second-order valence-corrected chi connectivity index (χ2v) is 2.72. The van der Waals surface area contributed by atoms with E-state index >= 15 is 0 Å². The molecule has 1 aliphatic rings. The second-order valence-electron chi connectivity index (χ2n) is 2.72. The van der Waals surface area contributed by atoms with Crippen molar-refractivity contribution in [2.45, 2.75) is 39.2 Å². The van der Waals surface area contributed by atoms with Crippen molar-refractivity contribution in [3.8, 4) is 0 Å². The third kappa shape index (κ3) is 8.88. The van der Waals surface area contributed by atoms with Crippen molar-refractivity contribution >= 4 is 5.97 Å². The highest BCUT2D eigenvalue weighted by Gasteiger charge is 2.09. The van der Waals surface area contributed by atoms with Crippen LogP contribution in [0.3, 0.4) is 0 Å². The third-order valence-electron chi connectivity index (χ3n) is 1.37. The summed E-state index contributed by atoms with van der Waals surface area (Å²) >= 11 is 0. The summed E-state index contributed by atoms with van der Waals surface area (Å²) in [6.07, 6.45) is 7.25. The summed E-state index contributed by atoms with van der Waals surface area (Å²) in [6, 6.07) is 0. The Kier molecular flexibility index (Phi) is 7.01. The van der Waals surface area contributed by atoms with Gasteiger partial charge in [-0.3, -0.25) is 4.79 Å². The highest BCUT2D eigenvalue weighted by Crippen LogP contribution is 2.11. The maximum Gasteiger partial charge on any atom is 0.300 e. The quantitative estimate of drug-likeness (QED) is 0.689. The van der Waals surface area contributed by atoms with Crippen molar-refractivity contribution in [3.63, 3.8) is 0 Å². The maximum absolute atomic E-state index is 9.00. The molecule has 4 heteroatoms. The Labute approximate surface area is 78.1 Å². The Balaban J connectivity index is 0.000000310. The summed E-state index contributed by atoms with van der Waals surface area (Å²) in [5, 5.41) is 7.42. The molecule has 0 radical (unpaired) electrons. The van der Waals surface area contributed by atoms with E-state index in [0.29, 0.717) is 0 Å². The molecule has 0 bridgehead atoms. The normalized spacial score (nSPS) is 18.8. The fourth-order valence-corrected chi connectivity index (χ4v) is 0.805. The molecule has 0 fully saturated rings. The average Bonchev–Trinajstić information content (AvgIpc) is 2.51. The molecule has 0 amide bonds. The van der Waals surface area contributed by atoms with E-state index in [4.69, 9.17) is 14.8 Å². The molecule has 76 valence electrons. The van der Waals surface area contributed by atoms with E-state index in [2.05, 4.69) is 11.8 Å². The van der Waals surface area contributed by atoms with Gasteiger partial charge in [0.2, 0.25) is 0 Å². The van der Waals surface area contributed by atoms with Crippen molar-refractivity contribution in [2.75, 3.05) is 0 Å². The van der Waals surface area contributed by atoms with Gasteiger partial charge in [0, 0.05) is 6.92 Å². The van der Waals surface area contributed by atoms with E-state index in [9.17, 15) is 0 Å². The van der Waals surface area contributed by atoms with E-state index in [-0.39, 0.29) is 6.10 Å². The predicted molar refractivity (Wildman–Crippen MR) is 47.9 cm³/mol. The number of carboxylic acids is 1. The van der Waals surface area contributed by atoms with Crippen LogP contribution in [0.15, 0.2) is 12.3 Å². The number of rotatable bonds is 3. The Morgan fingerprint density at radius 2 is 2.23 bits per heavy atom. The van der Waals surface area contributed by atoms with Crippen LogP contribution < -0.4 is 0 Å². The summed E-state index contributed by atoms with van der Waals surface area (Å²) < 4.78 is 0. The SMILES string of the molecule is CC(=O)O.CCCCC1C=COO1. The molecule has 0 aliphatic carbocycles. The second kappa shape index (κ2) is 7.61. The summed E-state index contributed by atoms with van der Waals surface area (Å²) in [7, 11) is 0. The largest absolute Gasteiger partial charge is 0.481 e. The zero-order valence-electron chi connectivity index (χ0n) is 8.03. The van der Waals surface area contributed by atoms with Crippen LogP contribution in [0.2, 0.25) is 0 Å². The zero-order valence-corrected chi connectivity index (χ0v) is 8.03. The first-order valence-electron chi connectivity index (χ1n) is 4.35. The lowest BCUT2D eigenvalue weighted by Gasteiger charge is -2.02. The van der Waals surface area contributed by atoms with Crippen LogP contribution in [-0.2, 0) is 14.6 Å². The summed E-state index contributed by atoms with van der Waals surface area (Å²) in [5.41, 5.74) is 0. The molecule has 1 aliphatic heterocycles. The monoisotopic (exact) mass is 188 g/mol. The Morgan fingerprint density at radius 3 is 2.62 bits per heavy atom. The number of hydrogen-bond acceptors (Lipinski definition) is 3. The lowest BCUT2D eigenvalue weighted by molar-refractivity contribution is -0.253. The lowest BCUT2D eigenvalue weighted by atomic mass is 10.2. The number of carboxylic acid groups (broad SMARTS) is 1. The van der Waals surface area contributed by atoms with Crippen LogP contribution in [0, 0.1) is 0 Å². The molecular formula is C9H16O4. The fraction of sp³-hybridized carbons (Fsp3) is 0.667. The molecule has 1 heterocycles. The van der Waals surface area contributed by atoms with Gasteiger partial charge < -0.3 is 9.99 Å². The highest BCUT2D eigenvalue weighted by molar-refractivity contribution is 5.62. The smallest absolute Gasteiger partial charge is 0.300 e. The third-order valence-corrected chi connectivity index (χ3v) is 1.37. The average molecular weight is 188 g/mol. The van der Waals surface area contributed by atoms with Crippen LogP contribution in [0.4, 0.5) is 0 Å². The van der Waals surface area contributed by atoms with E-state index in [1.807, 2.05) is 6.08 Å². The first-order chi connectivity index (χ1) is 6.16. The summed E-state index contributed by atoms with van der Waals surface area (Å²) in [5.74, 6) is -0.833. The molecule has 4 nitrogen and oxygen atoms in total. The molecule has 0 saturated heterocycles. The minimum atomic E-state index is -0.833. The van der Waals surface area contributed by atoms with Gasteiger partial charge in [0.05, 0.1) is 0 Å². The predicted octanol–water partition coefficient (Wildman–Crippen LogP) is 2.11. The van der Waals surface area contributed by atoms with Gasteiger partial charge in [-0.1, -0.05) is 19.8 Å². The topological polar surface area (TPSA) is 55.8 Å². The van der Waals surface area contributed by atoms with Crippen LogP contribution in [0.5, 0.6) is 0 Å². The molecule has 1 rings (SSSR count). The Hall–Kier alpha value is -1.03. The van der Waals surface area contributed by atoms with Crippen LogP contribution >= 0.6 is 0 Å². The molecule has 0 aromatic carbocycles. The lowest BCUT2D eigenvalue weighted by Crippen LogP contribution is -2.02. The minimum Gasteiger partial charge on any atom is -0.481 e. The van der Waals surface area contributed by atoms with Crippen molar-refractivity contribution < 1.29 is 19.7 Å². The van der Waals surface area contributed by atoms with Gasteiger partial charge in [-0.15, -0.1) is 0 Å². The highest BCUT2D eigenvalue weighted by atomic mass is 17.2. The van der Waals surface area contributed by atoms with Crippen LogP contribution in [0.25, 0.3) is 0 Å². The van der Waals surface area contributed by atoms with Crippen molar-refractivity contribution in [2.24, 2.45) is 0 Å². The molecule has 1 unspecified atom stereocenters. The fourth-order valence-electron chi connectivity index (χ4n) is 0.805.